The molecule has 3 aromatic rings. The zero-order valence-corrected chi connectivity index (χ0v) is 17.2. The maximum atomic E-state index is 14.9. The third-order valence-electron chi connectivity index (χ3n) is 5.87. The van der Waals surface area contributed by atoms with Crippen molar-refractivity contribution in [1.29, 1.82) is 5.26 Å². The molecule has 2 aliphatic heterocycles. The van der Waals surface area contributed by atoms with Crippen molar-refractivity contribution in [2.75, 3.05) is 43.5 Å². The van der Waals surface area contributed by atoms with Gasteiger partial charge in [0, 0.05) is 32.0 Å². The van der Waals surface area contributed by atoms with Crippen LogP contribution >= 0.6 is 0 Å². The van der Waals surface area contributed by atoms with E-state index in [1.807, 2.05) is 6.92 Å². The lowest BCUT2D eigenvalue weighted by molar-refractivity contribution is -0.0847. The molecular weight excluding hydrogens is 401 g/mol. The first-order chi connectivity index (χ1) is 15.2. The third kappa shape index (κ3) is 3.68. The first kappa shape index (κ1) is 19.7. The molecule has 0 aromatic carbocycles. The van der Waals surface area contributed by atoms with Crippen molar-refractivity contribution >= 4 is 28.5 Å². The smallest absolute Gasteiger partial charge is 0.231 e. The number of nitrogens with zero attached hydrogens (tertiary/aromatic N) is 6. The minimum atomic E-state index is -0.988. The van der Waals surface area contributed by atoms with Gasteiger partial charge < -0.3 is 20.4 Å². The molecule has 5 heterocycles. The molecule has 11 heteroatoms. The summed E-state index contributed by atoms with van der Waals surface area (Å²) in [7, 11) is 0. The number of anilines is 3. The predicted molar refractivity (Wildman–Crippen MR) is 113 cm³/mol. The standard InChI is InChI=1S/C20H24FN9O/c1-2-23-18-17-12(5-22)6-24-19(17)28-20(27-18)26-13-7-25-30(8-13)16-3-4-29(9-15(16)21)14-10-31-11-14/h6-8,14-16H,2-4,9-11H2,1H3,(H3,23,24,26,27,28)/t15-,16-/m0/s1. The van der Waals surface area contributed by atoms with E-state index in [0.29, 0.717) is 72.8 Å². The zero-order chi connectivity index (χ0) is 21.4. The van der Waals surface area contributed by atoms with Gasteiger partial charge in [0.2, 0.25) is 5.95 Å². The molecule has 3 N–H and O–H groups in total. The molecule has 0 aliphatic carbocycles. The van der Waals surface area contributed by atoms with Crippen LogP contribution in [0.5, 0.6) is 0 Å². The number of piperidine rings is 1. The highest BCUT2D eigenvalue weighted by atomic mass is 19.1. The van der Waals surface area contributed by atoms with E-state index in [4.69, 9.17) is 4.74 Å². The van der Waals surface area contributed by atoms with E-state index in [0.717, 1.165) is 6.54 Å². The maximum absolute atomic E-state index is 14.9. The predicted octanol–water partition coefficient (Wildman–Crippen LogP) is 2.19. The number of halogens is 1. The highest BCUT2D eigenvalue weighted by Crippen LogP contribution is 2.30. The molecule has 0 saturated carbocycles. The van der Waals surface area contributed by atoms with Crippen molar-refractivity contribution in [2.24, 2.45) is 0 Å². The quantitative estimate of drug-likeness (QED) is 0.550. The lowest BCUT2D eigenvalue weighted by atomic mass is 10.0. The van der Waals surface area contributed by atoms with Crippen LogP contribution in [-0.4, -0.2) is 74.7 Å². The van der Waals surface area contributed by atoms with Gasteiger partial charge in [-0.1, -0.05) is 0 Å². The van der Waals surface area contributed by atoms with Crippen LogP contribution in [0.25, 0.3) is 11.0 Å². The summed E-state index contributed by atoms with van der Waals surface area (Å²) in [4.78, 5) is 14.2. The van der Waals surface area contributed by atoms with Crippen LogP contribution in [0.3, 0.4) is 0 Å². The fraction of sp³-hybridized carbons (Fsp3) is 0.500. The van der Waals surface area contributed by atoms with Gasteiger partial charge in [-0.3, -0.25) is 9.58 Å². The second-order valence-electron chi connectivity index (χ2n) is 7.86. The van der Waals surface area contributed by atoms with Gasteiger partial charge in [-0.25, -0.2) is 4.39 Å². The van der Waals surface area contributed by atoms with Crippen molar-refractivity contribution in [1.82, 2.24) is 29.6 Å². The molecule has 3 aromatic heterocycles. The Morgan fingerprint density at radius 2 is 2.26 bits per heavy atom. The Balaban J connectivity index is 1.33. The third-order valence-corrected chi connectivity index (χ3v) is 5.87. The SMILES string of the molecule is CCNc1nc(Nc2cnn([C@H]3CCN(C4COC4)C[C@@H]3F)c2)nc2[nH]cc(C#N)c12. The largest absolute Gasteiger partial charge is 0.378 e. The van der Waals surface area contributed by atoms with Gasteiger partial charge in [0.25, 0.3) is 0 Å². The molecule has 10 nitrogen and oxygen atoms in total. The first-order valence-corrected chi connectivity index (χ1v) is 10.5. The van der Waals surface area contributed by atoms with Crippen molar-refractivity contribution in [3.63, 3.8) is 0 Å². The Kier molecular flexibility index (Phi) is 5.17. The van der Waals surface area contributed by atoms with E-state index < -0.39 is 6.17 Å². The number of nitriles is 1. The van der Waals surface area contributed by atoms with Gasteiger partial charge in [0.15, 0.2) is 0 Å². The minimum Gasteiger partial charge on any atom is -0.378 e. The van der Waals surface area contributed by atoms with Crippen LogP contribution < -0.4 is 10.6 Å². The number of nitrogens with one attached hydrogen (secondary N) is 3. The molecule has 2 saturated heterocycles. The zero-order valence-electron chi connectivity index (χ0n) is 17.2. The summed E-state index contributed by atoms with van der Waals surface area (Å²) in [5.41, 5.74) is 1.73. The number of alkyl halides is 1. The van der Waals surface area contributed by atoms with Gasteiger partial charge in [-0.2, -0.15) is 20.3 Å². The average Bonchev–Trinajstić information content (AvgIpc) is 3.34. The van der Waals surface area contributed by atoms with Crippen LogP contribution in [0.15, 0.2) is 18.6 Å². The summed E-state index contributed by atoms with van der Waals surface area (Å²) in [6, 6.07) is 2.20. The monoisotopic (exact) mass is 425 g/mol. The molecule has 2 aliphatic rings. The van der Waals surface area contributed by atoms with Gasteiger partial charge in [0.1, 0.15) is 23.7 Å². The molecule has 0 amide bonds. The van der Waals surface area contributed by atoms with Crippen LogP contribution in [0.4, 0.5) is 21.8 Å². The molecule has 0 unspecified atom stereocenters. The summed E-state index contributed by atoms with van der Waals surface area (Å²) < 4.78 is 21.8. The van der Waals surface area contributed by atoms with E-state index in [9.17, 15) is 9.65 Å². The Labute approximate surface area is 178 Å². The molecule has 0 spiro atoms. The number of aromatic amines is 1. The van der Waals surface area contributed by atoms with Crippen LogP contribution in [0.2, 0.25) is 0 Å². The highest BCUT2D eigenvalue weighted by molar-refractivity contribution is 5.93. The molecule has 162 valence electrons. The molecule has 5 rings (SSSR count). The van der Waals surface area contributed by atoms with E-state index in [-0.39, 0.29) is 6.04 Å². The molecule has 2 atom stereocenters. The summed E-state index contributed by atoms with van der Waals surface area (Å²) in [6.07, 6.45) is 4.76. The second kappa shape index (κ2) is 8.13. The van der Waals surface area contributed by atoms with Crippen LogP contribution in [0, 0.1) is 11.3 Å². The van der Waals surface area contributed by atoms with Gasteiger partial charge in [-0.05, 0) is 13.3 Å². The molecule has 2 fully saturated rings. The van der Waals surface area contributed by atoms with Crippen LogP contribution in [0.1, 0.15) is 24.9 Å². The Morgan fingerprint density at radius 1 is 1.39 bits per heavy atom. The summed E-state index contributed by atoms with van der Waals surface area (Å²) in [5, 5.41) is 20.7. The van der Waals surface area contributed by atoms with Gasteiger partial charge >= 0.3 is 0 Å². The first-order valence-electron chi connectivity index (χ1n) is 10.5. The van der Waals surface area contributed by atoms with Gasteiger partial charge in [-0.15, -0.1) is 0 Å². The molecular formula is C20H24FN9O. The molecule has 31 heavy (non-hydrogen) atoms. The number of H-pyrrole nitrogens is 1. The van der Waals surface area contributed by atoms with Gasteiger partial charge in [0.05, 0.1) is 48.1 Å². The number of aromatic nitrogens is 5. The number of fused-ring (bicyclic) bond motifs is 1. The maximum Gasteiger partial charge on any atom is 0.231 e. The normalized spacial score (nSPS) is 22.2. The van der Waals surface area contributed by atoms with Crippen molar-refractivity contribution in [2.45, 2.75) is 31.6 Å². The highest BCUT2D eigenvalue weighted by Gasteiger charge is 2.36. The Hall–Kier alpha value is -3.23. The second-order valence-corrected chi connectivity index (χ2v) is 7.86. The van der Waals surface area contributed by atoms with Crippen LogP contribution in [-0.2, 0) is 4.74 Å². The molecule has 0 bridgehead atoms. The fourth-order valence-corrected chi connectivity index (χ4v) is 4.17. The Bertz CT molecular complexity index is 1120. The van der Waals surface area contributed by atoms with Crippen molar-refractivity contribution in [3.8, 4) is 6.07 Å². The number of hydrogen-bond acceptors (Lipinski definition) is 8. The average molecular weight is 425 g/mol. The number of rotatable bonds is 6. The number of hydrogen-bond donors (Lipinski definition) is 3. The van der Waals surface area contributed by atoms with Crippen molar-refractivity contribution in [3.05, 3.63) is 24.2 Å². The number of likely N-dealkylation sites (tertiary alicyclic amines) is 1. The number of ether oxygens (including phenoxy) is 1. The lowest BCUT2D eigenvalue weighted by Crippen LogP contribution is -2.55. The molecule has 0 radical (unpaired) electrons. The summed E-state index contributed by atoms with van der Waals surface area (Å²) in [5.74, 6) is 0.947. The fourth-order valence-electron chi connectivity index (χ4n) is 4.17. The van der Waals surface area contributed by atoms with E-state index in [2.05, 4.69) is 41.7 Å². The minimum absolute atomic E-state index is 0.296. The van der Waals surface area contributed by atoms with Crippen molar-refractivity contribution < 1.29 is 9.13 Å². The van der Waals surface area contributed by atoms with E-state index in [1.54, 1.807) is 23.3 Å². The van der Waals surface area contributed by atoms with E-state index >= 15 is 0 Å². The Morgan fingerprint density at radius 3 is 2.97 bits per heavy atom. The summed E-state index contributed by atoms with van der Waals surface area (Å²) in [6.45, 7) is 5.25. The summed E-state index contributed by atoms with van der Waals surface area (Å²) >= 11 is 0. The lowest BCUT2D eigenvalue weighted by Gasteiger charge is -2.42. The topological polar surface area (TPSA) is 120 Å². The van der Waals surface area contributed by atoms with E-state index in [1.165, 1.54) is 0 Å².